The molecule has 0 bridgehead atoms. The molecule has 326 valence electrons. The maximum atomic E-state index is 10.7. The van der Waals surface area contributed by atoms with Crippen LogP contribution in [0.4, 0.5) is 0 Å². The molecule has 0 heterocycles. The topological polar surface area (TPSA) is 276 Å². The molecule has 0 saturated heterocycles. The lowest BCUT2D eigenvalue weighted by molar-refractivity contribution is -0.137. The lowest BCUT2D eigenvalue weighted by atomic mass is 10.4. The molecule has 0 rings (SSSR count). The molecule has 0 saturated carbocycles. The van der Waals surface area contributed by atoms with Crippen LogP contribution in [0.2, 0.25) is 0 Å². The van der Waals surface area contributed by atoms with Gasteiger partial charge in [-0.2, -0.15) is 0 Å². The van der Waals surface area contributed by atoms with Crippen LogP contribution in [0.5, 0.6) is 0 Å². The highest BCUT2D eigenvalue weighted by atomic mass is 16.4. The molecule has 0 aliphatic carbocycles. The number of hydrogen-bond acceptors (Lipinski definition) is 15. The van der Waals surface area contributed by atoms with Gasteiger partial charge >= 0.3 is 5.97 Å². The third-order valence-corrected chi connectivity index (χ3v) is 4.31. The molecule has 0 aromatic rings. The number of aldehydes is 4. The Hall–Kier alpha value is -4.70. The van der Waals surface area contributed by atoms with E-state index in [9.17, 15) is 43.2 Å². The van der Waals surface area contributed by atoms with Gasteiger partial charge in [0.2, 0.25) is 31.0 Å². The summed E-state index contributed by atoms with van der Waals surface area (Å²) in [4.78, 5) is 104. The number of carbonyl (C=O) groups is 10. The van der Waals surface area contributed by atoms with Gasteiger partial charge < -0.3 is 70.9 Å². The number of hydrogen-bond donors (Lipinski definition) is 7. The number of carbonyl (C=O) groups excluding carboxylic acids is 9. The second-order valence-electron chi connectivity index (χ2n) is 10.9. The van der Waals surface area contributed by atoms with Crippen molar-refractivity contribution >= 4 is 62.2 Å². The molecule has 0 atom stereocenters. The number of nitrogens with zero attached hydrogens (tertiary/aromatic N) is 4. The zero-order chi connectivity index (χ0) is 44.9. The first-order valence-corrected chi connectivity index (χ1v) is 17.1. The molecule has 0 radical (unpaired) electrons. The Morgan fingerprint density at radius 2 is 1.09 bits per heavy atom. The Kier molecular flexibility index (Phi) is 79.9. The molecule has 0 aliphatic heterocycles. The van der Waals surface area contributed by atoms with Crippen LogP contribution < -0.4 is 31.9 Å². The number of carboxylic acids is 1. The summed E-state index contributed by atoms with van der Waals surface area (Å²) in [6.07, 6.45) is 5.37. The molecule has 0 fully saturated rings. The summed E-state index contributed by atoms with van der Waals surface area (Å²) in [6, 6.07) is 0.648. The first-order valence-electron chi connectivity index (χ1n) is 17.1. The highest BCUT2D eigenvalue weighted by Gasteiger charge is 2.02. The van der Waals surface area contributed by atoms with Gasteiger partial charge in [-0.05, 0) is 55.8 Å². The second kappa shape index (κ2) is 64.3. The van der Waals surface area contributed by atoms with Gasteiger partial charge in [0.25, 0.3) is 0 Å². The van der Waals surface area contributed by atoms with Gasteiger partial charge in [0.15, 0.2) is 0 Å². The van der Waals surface area contributed by atoms with Crippen LogP contribution in [0, 0.1) is 0 Å². The van der Waals surface area contributed by atoms with Gasteiger partial charge in [0.05, 0.1) is 39.3 Å². The number of amides is 5. The Balaban J connectivity index is -0.0000000779. The molecule has 0 aromatic carbocycles. The van der Waals surface area contributed by atoms with Gasteiger partial charge in [0, 0.05) is 46.7 Å². The van der Waals surface area contributed by atoms with Crippen LogP contribution in [0.15, 0.2) is 0 Å². The van der Waals surface area contributed by atoms with Gasteiger partial charge in [0.1, 0.15) is 25.1 Å². The van der Waals surface area contributed by atoms with E-state index < -0.39 is 5.97 Å². The highest BCUT2D eigenvalue weighted by Crippen LogP contribution is 1.74. The normalized spacial score (nSPS) is 8.51. The van der Waals surface area contributed by atoms with E-state index in [2.05, 4.69) is 52.7 Å². The van der Waals surface area contributed by atoms with E-state index in [-0.39, 0.29) is 38.0 Å². The Morgan fingerprint density at radius 3 is 1.27 bits per heavy atom. The van der Waals surface area contributed by atoms with Gasteiger partial charge in [-0.15, -0.1) is 0 Å². The van der Waals surface area contributed by atoms with E-state index in [1.807, 2.05) is 33.0 Å². The van der Waals surface area contributed by atoms with E-state index in [4.69, 9.17) is 9.90 Å². The van der Waals surface area contributed by atoms with Crippen molar-refractivity contribution in [1.82, 2.24) is 51.5 Å². The van der Waals surface area contributed by atoms with Crippen LogP contribution in [-0.4, -0.2) is 215 Å². The largest absolute Gasteiger partial charge is 0.480 e. The monoisotopic (exact) mass is 799 g/mol. The number of carboxylic acid groups (broad SMARTS) is 1. The van der Waals surface area contributed by atoms with Crippen LogP contribution in [-0.2, 0) is 47.9 Å². The SMILES string of the molecule is CCNC(=O)CN(C)C.CCNC(C)C.CN(C)CC(=O)O.CN(C=O)CC(=O)NCC=O.CN(C=O)CC=O.CNC=O.CNCC=O.CNCCC=O. The second-order valence-corrected chi connectivity index (χ2v) is 10.9. The fourth-order valence-corrected chi connectivity index (χ4v) is 2.14. The Morgan fingerprint density at radius 1 is 0.618 bits per heavy atom. The third kappa shape index (κ3) is 120. The molecule has 21 nitrogen and oxygen atoms in total. The van der Waals surface area contributed by atoms with Crippen molar-refractivity contribution in [3.8, 4) is 0 Å². The predicted molar refractivity (Wildman–Crippen MR) is 214 cm³/mol. The quantitative estimate of drug-likeness (QED) is 0.0439. The minimum atomic E-state index is -0.787. The molecular formula is C34H74N10O11. The minimum Gasteiger partial charge on any atom is -0.480 e. The fraction of sp³-hybridized carbons (Fsp3) is 0.706. The summed E-state index contributed by atoms with van der Waals surface area (Å²) < 4.78 is 0. The van der Waals surface area contributed by atoms with Crippen molar-refractivity contribution in [2.45, 2.75) is 40.2 Å². The first kappa shape index (κ1) is 68.3. The maximum absolute atomic E-state index is 10.7. The van der Waals surface area contributed by atoms with E-state index >= 15 is 0 Å². The Labute approximate surface area is 329 Å². The van der Waals surface area contributed by atoms with Gasteiger partial charge in [-0.1, -0.05) is 20.8 Å². The molecule has 0 spiro atoms. The molecule has 21 heteroatoms. The molecule has 5 amide bonds. The smallest absolute Gasteiger partial charge is 0.317 e. The van der Waals surface area contributed by atoms with Crippen LogP contribution in [0.25, 0.3) is 0 Å². The molecule has 55 heavy (non-hydrogen) atoms. The zero-order valence-corrected chi connectivity index (χ0v) is 35.5. The lowest BCUT2D eigenvalue weighted by Gasteiger charge is -2.08. The molecular weight excluding hydrogens is 724 g/mol. The number of nitrogens with one attached hydrogen (secondary N) is 6. The van der Waals surface area contributed by atoms with E-state index in [1.54, 1.807) is 40.1 Å². The summed E-state index contributed by atoms with van der Waals surface area (Å²) in [5.41, 5.74) is 0. The first-order chi connectivity index (χ1) is 25.8. The summed E-state index contributed by atoms with van der Waals surface area (Å²) in [5.74, 6) is -1.04. The third-order valence-electron chi connectivity index (χ3n) is 4.31. The van der Waals surface area contributed by atoms with E-state index in [0.29, 0.717) is 63.9 Å². The van der Waals surface area contributed by atoms with Crippen LogP contribution >= 0.6 is 0 Å². The van der Waals surface area contributed by atoms with E-state index in [1.165, 1.54) is 16.8 Å². The van der Waals surface area contributed by atoms with Gasteiger partial charge in [-0.3, -0.25) is 33.7 Å². The van der Waals surface area contributed by atoms with Crippen molar-refractivity contribution in [2.24, 2.45) is 0 Å². The van der Waals surface area contributed by atoms with Gasteiger partial charge in [-0.25, -0.2) is 0 Å². The van der Waals surface area contributed by atoms with Crippen LogP contribution in [0.3, 0.4) is 0 Å². The fourth-order valence-electron chi connectivity index (χ4n) is 2.14. The molecule has 0 aromatic heterocycles. The average molecular weight is 799 g/mol. The van der Waals surface area contributed by atoms with Crippen molar-refractivity contribution in [2.75, 3.05) is 122 Å². The van der Waals surface area contributed by atoms with Crippen molar-refractivity contribution in [3.63, 3.8) is 0 Å². The van der Waals surface area contributed by atoms with Crippen molar-refractivity contribution in [3.05, 3.63) is 0 Å². The van der Waals surface area contributed by atoms with Crippen LogP contribution in [0.1, 0.15) is 34.1 Å². The predicted octanol–water partition coefficient (Wildman–Crippen LogP) is -3.45. The average Bonchev–Trinajstić information content (AvgIpc) is 3.11. The molecule has 7 N–H and O–H groups in total. The minimum absolute atomic E-state index is 0.00840. The lowest BCUT2D eigenvalue weighted by Crippen LogP contribution is -2.35. The molecule has 0 unspecified atom stereocenters. The van der Waals surface area contributed by atoms with Crippen molar-refractivity contribution in [1.29, 1.82) is 0 Å². The molecule has 0 aliphatic rings. The number of aliphatic carboxylic acids is 1. The summed E-state index contributed by atoms with van der Waals surface area (Å²) in [7, 11) is 15.3. The number of rotatable bonds is 21. The summed E-state index contributed by atoms with van der Waals surface area (Å²) >= 11 is 0. The Bertz CT molecular complexity index is 900. The zero-order valence-electron chi connectivity index (χ0n) is 35.5. The standard InChI is InChI=1S/C6H10N2O3.C6H14N2O.C5H13N.C4H9NO2.C4H7NO2.C4H9NO.C3H7NO.C2H5NO/c1-8(5-10)4-6(11)7-2-3-9;1-4-7-6(9)5-8(2)3;1-4-6-5(2)3;1-5(2)3-4(6)7;1-5(4-7)2-3-6;1-5-3-2-4-6;1-4-2-3-5;1-3-2-4/h3,5H,2,4H2,1H3,(H,7,11);4-5H2,1-3H3,(H,7,9);5-6H,4H2,1-3H3;3H2,1-2H3,(H,6,7);3-4H,2H2,1H3;4-5H,2-3H2,1H3;3-4H,2H2,1H3;2H,1H3,(H,3,4). The summed E-state index contributed by atoms with van der Waals surface area (Å²) in [5, 5.41) is 24.0. The number of likely N-dealkylation sites (N-methyl/N-ethyl adjacent to an activating group) is 6. The maximum Gasteiger partial charge on any atom is 0.317 e. The highest BCUT2D eigenvalue weighted by molar-refractivity contribution is 5.81. The summed E-state index contributed by atoms with van der Waals surface area (Å²) in [6.45, 7) is 12.1. The van der Waals surface area contributed by atoms with E-state index in [0.717, 1.165) is 25.7 Å². The van der Waals surface area contributed by atoms with Crippen molar-refractivity contribution < 1.29 is 53.1 Å².